The van der Waals surface area contributed by atoms with Crippen molar-refractivity contribution in [1.82, 2.24) is 4.90 Å². The number of hydrogen-bond donors (Lipinski definition) is 0. The van der Waals surface area contributed by atoms with Crippen molar-refractivity contribution in [3.05, 3.63) is 35.6 Å². The number of rotatable bonds is 7. The molecular weight excluding hydrogens is 262 g/mol. The highest BCUT2D eigenvalue weighted by molar-refractivity contribution is 5.97. The Balaban J connectivity index is 2.00. The van der Waals surface area contributed by atoms with Crippen LogP contribution in [0.4, 0.5) is 0 Å². The van der Waals surface area contributed by atoms with Crippen LogP contribution in [0.2, 0.25) is 0 Å². The zero-order valence-electron chi connectivity index (χ0n) is 13.5. The molecule has 0 saturated carbocycles. The summed E-state index contributed by atoms with van der Waals surface area (Å²) in [7, 11) is 2.12. The molecule has 1 heterocycles. The van der Waals surface area contributed by atoms with E-state index in [1.807, 2.05) is 24.3 Å². The van der Waals surface area contributed by atoms with Gasteiger partial charge >= 0.3 is 0 Å². The third-order valence-corrected chi connectivity index (χ3v) is 3.72. The molecule has 0 unspecified atom stereocenters. The van der Waals surface area contributed by atoms with E-state index in [4.69, 9.17) is 4.42 Å². The zero-order valence-corrected chi connectivity index (χ0v) is 13.5. The van der Waals surface area contributed by atoms with Gasteiger partial charge in [0.2, 0.25) is 0 Å². The van der Waals surface area contributed by atoms with Gasteiger partial charge in [-0.3, -0.25) is 9.69 Å². The summed E-state index contributed by atoms with van der Waals surface area (Å²) in [5, 5.41) is 1.01. The first-order valence-electron chi connectivity index (χ1n) is 7.67. The molecule has 0 aliphatic carbocycles. The Morgan fingerprint density at radius 1 is 1.29 bits per heavy atom. The van der Waals surface area contributed by atoms with Crippen molar-refractivity contribution in [3.63, 3.8) is 0 Å². The second kappa shape index (κ2) is 6.90. The maximum atomic E-state index is 11.4. The first kappa shape index (κ1) is 15.8. The van der Waals surface area contributed by atoms with Gasteiger partial charge in [-0.15, -0.1) is 0 Å². The maximum Gasteiger partial charge on any atom is 0.159 e. The molecule has 114 valence electrons. The van der Waals surface area contributed by atoms with Crippen molar-refractivity contribution < 1.29 is 9.21 Å². The van der Waals surface area contributed by atoms with Gasteiger partial charge in [0, 0.05) is 10.9 Å². The van der Waals surface area contributed by atoms with E-state index >= 15 is 0 Å². The molecule has 2 rings (SSSR count). The van der Waals surface area contributed by atoms with Crippen LogP contribution in [0.3, 0.4) is 0 Å². The average Bonchev–Trinajstić information content (AvgIpc) is 2.78. The second-order valence-electron chi connectivity index (χ2n) is 6.30. The Bertz CT molecular complexity index is 613. The summed E-state index contributed by atoms with van der Waals surface area (Å²) in [5.74, 6) is 1.80. The zero-order chi connectivity index (χ0) is 15.4. The van der Waals surface area contributed by atoms with Crippen molar-refractivity contribution in [3.8, 4) is 0 Å². The average molecular weight is 287 g/mol. The molecule has 2 aromatic rings. The lowest BCUT2D eigenvalue weighted by molar-refractivity contribution is 0.101. The van der Waals surface area contributed by atoms with Gasteiger partial charge in [-0.25, -0.2) is 0 Å². The molecule has 0 bridgehead atoms. The van der Waals surface area contributed by atoms with Gasteiger partial charge in [-0.2, -0.15) is 0 Å². The van der Waals surface area contributed by atoms with E-state index < -0.39 is 0 Å². The molecule has 0 amide bonds. The summed E-state index contributed by atoms with van der Waals surface area (Å²) >= 11 is 0. The fourth-order valence-electron chi connectivity index (χ4n) is 2.51. The Kier molecular flexibility index (Phi) is 5.18. The standard InChI is InChI=1S/C18H25NO2/c1-13(2)6-5-9-19(4)12-17-11-16-10-15(14(3)20)7-8-18(16)21-17/h7-8,10-11,13H,5-6,9,12H2,1-4H3. The van der Waals surface area contributed by atoms with Crippen LogP contribution in [0.5, 0.6) is 0 Å². The summed E-state index contributed by atoms with van der Waals surface area (Å²) in [4.78, 5) is 13.7. The monoisotopic (exact) mass is 287 g/mol. The number of furan rings is 1. The molecule has 0 saturated heterocycles. The maximum absolute atomic E-state index is 11.4. The van der Waals surface area contributed by atoms with E-state index in [2.05, 4.69) is 25.8 Å². The van der Waals surface area contributed by atoms with Gasteiger partial charge in [0.25, 0.3) is 0 Å². The van der Waals surface area contributed by atoms with E-state index in [1.54, 1.807) is 6.92 Å². The molecule has 0 spiro atoms. The lowest BCUT2D eigenvalue weighted by Gasteiger charge is -2.15. The predicted octanol–water partition coefficient (Wildman–Crippen LogP) is 4.50. The molecule has 21 heavy (non-hydrogen) atoms. The Morgan fingerprint density at radius 2 is 2.05 bits per heavy atom. The molecule has 3 nitrogen and oxygen atoms in total. The minimum absolute atomic E-state index is 0.0884. The first-order chi connectivity index (χ1) is 9.95. The molecule has 0 fully saturated rings. The first-order valence-corrected chi connectivity index (χ1v) is 7.67. The Morgan fingerprint density at radius 3 is 2.71 bits per heavy atom. The number of ketones is 1. The van der Waals surface area contributed by atoms with Crippen molar-refractivity contribution in [2.75, 3.05) is 13.6 Å². The van der Waals surface area contributed by atoms with Gasteiger partial charge in [0.1, 0.15) is 11.3 Å². The molecule has 1 aromatic carbocycles. The third-order valence-electron chi connectivity index (χ3n) is 3.72. The van der Waals surface area contributed by atoms with E-state index in [0.717, 1.165) is 41.3 Å². The van der Waals surface area contributed by atoms with Crippen LogP contribution in [0.1, 0.15) is 49.7 Å². The van der Waals surface area contributed by atoms with Gasteiger partial charge in [0.15, 0.2) is 5.78 Å². The number of Topliss-reactive ketones (excluding diaryl/α,β-unsaturated/α-hetero) is 1. The number of fused-ring (bicyclic) bond motifs is 1. The predicted molar refractivity (Wildman–Crippen MR) is 86.6 cm³/mol. The van der Waals surface area contributed by atoms with Crippen LogP contribution in [-0.2, 0) is 6.54 Å². The summed E-state index contributed by atoms with van der Waals surface area (Å²) in [6.07, 6.45) is 2.47. The number of carbonyl (C=O) groups excluding carboxylic acids is 1. The Hall–Kier alpha value is -1.61. The molecule has 0 aliphatic rings. The Labute approximate surface area is 126 Å². The highest BCUT2D eigenvalue weighted by atomic mass is 16.3. The second-order valence-corrected chi connectivity index (χ2v) is 6.30. The van der Waals surface area contributed by atoms with Crippen LogP contribution in [0, 0.1) is 5.92 Å². The molecule has 1 aromatic heterocycles. The highest BCUT2D eigenvalue weighted by Gasteiger charge is 2.09. The van der Waals surface area contributed by atoms with Crippen LogP contribution >= 0.6 is 0 Å². The molecule has 0 radical (unpaired) electrons. The molecular formula is C18H25NO2. The van der Waals surface area contributed by atoms with Gasteiger partial charge in [0.05, 0.1) is 6.54 Å². The minimum Gasteiger partial charge on any atom is -0.460 e. The molecule has 3 heteroatoms. The summed E-state index contributed by atoms with van der Waals surface area (Å²) in [6, 6.07) is 7.66. The lowest BCUT2D eigenvalue weighted by Crippen LogP contribution is -2.19. The van der Waals surface area contributed by atoms with Crippen LogP contribution < -0.4 is 0 Å². The molecule has 0 aliphatic heterocycles. The van der Waals surface area contributed by atoms with E-state index in [1.165, 1.54) is 12.8 Å². The molecule has 0 atom stereocenters. The van der Waals surface area contributed by atoms with Crippen molar-refractivity contribution in [2.45, 2.75) is 40.2 Å². The van der Waals surface area contributed by atoms with Crippen LogP contribution in [0.15, 0.2) is 28.7 Å². The van der Waals surface area contributed by atoms with Crippen LogP contribution in [0.25, 0.3) is 11.0 Å². The van der Waals surface area contributed by atoms with E-state index in [0.29, 0.717) is 0 Å². The van der Waals surface area contributed by atoms with Crippen molar-refractivity contribution in [1.29, 1.82) is 0 Å². The summed E-state index contributed by atoms with van der Waals surface area (Å²) in [5.41, 5.74) is 1.59. The fraction of sp³-hybridized carbons (Fsp3) is 0.500. The van der Waals surface area contributed by atoms with Gasteiger partial charge < -0.3 is 4.42 Å². The van der Waals surface area contributed by atoms with Gasteiger partial charge in [-0.1, -0.05) is 13.8 Å². The SMILES string of the molecule is CC(=O)c1ccc2oc(CN(C)CCCC(C)C)cc2c1. The highest BCUT2D eigenvalue weighted by Crippen LogP contribution is 2.22. The largest absolute Gasteiger partial charge is 0.460 e. The number of hydrogen-bond acceptors (Lipinski definition) is 3. The number of benzene rings is 1. The summed E-state index contributed by atoms with van der Waals surface area (Å²) < 4.78 is 5.85. The number of nitrogens with zero attached hydrogens (tertiary/aromatic N) is 1. The van der Waals surface area contributed by atoms with E-state index in [-0.39, 0.29) is 5.78 Å². The fourth-order valence-corrected chi connectivity index (χ4v) is 2.51. The van der Waals surface area contributed by atoms with Crippen molar-refractivity contribution in [2.24, 2.45) is 5.92 Å². The van der Waals surface area contributed by atoms with Crippen LogP contribution in [-0.4, -0.2) is 24.3 Å². The number of carbonyl (C=O) groups is 1. The topological polar surface area (TPSA) is 33.5 Å². The van der Waals surface area contributed by atoms with Gasteiger partial charge in [-0.05, 0) is 63.5 Å². The smallest absolute Gasteiger partial charge is 0.159 e. The third kappa shape index (κ3) is 4.43. The quantitative estimate of drug-likeness (QED) is 0.703. The van der Waals surface area contributed by atoms with Crippen molar-refractivity contribution >= 4 is 16.8 Å². The molecule has 0 N–H and O–H groups in total. The normalized spacial score (nSPS) is 11.7. The van der Waals surface area contributed by atoms with E-state index in [9.17, 15) is 4.79 Å². The lowest BCUT2D eigenvalue weighted by atomic mass is 10.1. The minimum atomic E-state index is 0.0884. The summed E-state index contributed by atoms with van der Waals surface area (Å²) in [6.45, 7) is 7.98.